The van der Waals surface area contributed by atoms with Gasteiger partial charge in [-0.15, -0.1) is 35.0 Å². The standard InChI is InChI=1S/C16H25N7O.2ClH/c1-11-19-14(12-6-13(17)7-12)8-15(20-11)22(2)9-16-21-18-10-23(16)4-5-24-3;;/h8,10,12-13H,4-7,9,17H2,1-3H3;2*1H. The van der Waals surface area contributed by atoms with E-state index in [2.05, 4.69) is 31.1 Å². The van der Waals surface area contributed by atoms with E-state index in [0.717, 1.165) is 42.5 Å². The summed E-state index contributed by atoms with van der Waals surface area (Å²) < 4.78 is 7.12. The molecule has 0 saturated heterocycles. The van der Waals surface area contributed by atoms with E-state index in [0.29, 0.717) is 25.1 Å². The molecule has 0 unspecified atom stereocenters. The van der Waals surface area contributed by atoms with Crippen molar-refractivity contribution >= 4 is 30.6 Å². The van der Waals surface area contributed by atoms with Crippen LogP contribution in [-0.4, -0.2) is 51.5 Å². The summed E-state index contributed by atoms with van der Waals surface area (Å²) in [6.07, 6.45) is 3.74. The largest absolute Gasteiger partial charge is 0.383 e. The molecule has 2 aromatic heterocycles. The number of nitrogens with two attached hydrogens (primary N) is 1. The van der Waals surface area contributed by atoms with Gasteiger partial charge in [0.05, 0.1) is 13.2 Å². The van der Waals surface area contributed by atoms with E-state index in [1.807, 2.05) is 18.5 Å². The highest BCUT2D eigenvalue weighted by molar-refractivity contribution is 5.85. The van der Waals surface area contributed by atoms with Gasteiger partial charge >= 0.3 is 0 Å². The number of aromatic nitrogens is 5. The summed E-state index contributed by atoms with van der Waals surface area (Å²) in [6, 6.07) is 2.38. The summed E-state index contributed by atoms with van der Waals surface area (Å²) in [6.45, 7) is 3.93. The van der Waals surface area contributed by atoms with Crippen LogP contribution in [0.2, 0.25) is 0 Å². The smallest absolute Gasteiger partial charge is 0.152 e. The minimum atomic E-state index is 0. The minimum Gasteiger partial charge on any atom is -0.383 e. The number of halogens is 2. The van der Waals surface area contributed by atoms with E-state index < -0.39 is 0 Å². The van der Waals surface area contributed by atoms with E-state index in [4.69, 9.17) is 10.5 Å². The minimum absolute atomic E-state index is 0. The maximum Gasteiger partial charge on any atom is 0.152 e. The first-order valence-electron chi connectivity index (χ1n) is 8.24. The maximum absolute atomic E-state index is 5.91. The molecule has 1 saturated carbocycles. The molecule has 0 aromatic carbocycles. The van der Waals surface area contributed by atoms with E-state index in [9.17, 15) is 0 Å². The Balaban J connectivity index is 0.00000169. The van der Waals surface area contributed by atoms with Crippen LogP contribution in [0.3, 0.4) is 0 Å². The number of aryl methyl sites for hydroxylation is 1. The number of methoxy groups -OCH3 is 1. The van der Waals surface area contributed by atoms with Crippen LogP contribution in [0.25, 0.3) is 0 Å². The van der Waals surface area contributed by atoms with Gasteiger partial charge in [0.2, 0.25) is 0 Å². The molecule has 10 heteroatoms. The molecule has 2 aromatic rings. The van der Waals surface area contributed by atoms with Gasteiger partial charge in [-0.1, -0.05) is 0 Å². The SMILES string of the molecule is COCCn1cnnc1CN(C)c1cc(C2CC(N)C2)nc(C)n1.Cl.Cl. The number of hydrogen-bond acceptors (Lipinski definition) is 7. The summed E-state index contributed by atoms with van der Waals surface area (Å²) in [5, 5.41) is 8.21. The molecule has 1 fully saturated rings. The molecular formula is C16H27Cl2N7O. The quantitative estimate of drug-likeness (QED) is 0.751. The monoisotopic (exact) mass is 403 g/mol. The summed E-state index contributed by atoms with van der Waals surface area (Å²) in [5.41, 5.74) is 7.00. The zero-order valence-corrected chi connectivity index (χ0v) is 17.0. The van der Waals surface area contributed by atoms with Crippen LogP contribution in [0.4, 0.5) is 5.82 Å². The Kier molecular flexibility index (Phi) is 8.69. The predicted octanol–water partition coefficient (Wildman–Crippen LogP) is 1.71. The first-order chi connectivity index (χ1) is 11.6. The second-order valence-corrected chi connectivity index (χ2v) is 6.42. The van der Waals surface area contributed by atoms with Crippen LogP contribution in [0.15, 0.2) is 12.4 Å². The van der Waals surface area contributed by atoms with Gasteiger partial charge in [-0.25, -0.2) is 9.97 Å². The van der Waals surface area contributed by atoms with Gasteiger partial charge in [0.25, 0.3) is 0 Å². The van der Waals surface area contributed by atoms with Gasteiger partial charge in [-0.05, 0) is 19.8 Å². The third-order valence-corrected chi connectivity index (χ3v) is 4.44. The molecule has 8 nitrogen and oxygen atoms in total. The van der Waals surface area contributed by atoms with Gasteiger partial charge in [0.1, 0.15) is 18.0 Å². The highest BCUT2D eigenvalue weighted by Crippen LogP contribution is 2.35. The van der Waals surface area contributed by atoms with Crippen LogP contribution >= 0.6 is 24.8 Å². The van der Waals surface area contributed by atoms with Gasteiger partial charge in [-0.3, -0.25) is 0 Å². The predicted molar refractivity (Wildman–Crippen MR) is 105 cm³/mol. The number of rotatable bonds is 7. The number of hydrogen-bond donors (Lipinski definition) is 1. The fourth-order valence-electron chi connectivity index (χ4n) is 2.95. The summed E-state index contributed by atoms with van der Waals surface area (Å²) in [5.74, 6) is 3.03. The van der Waals surface area contributed by atoms with Gasteiger partial charge in [0.15, 0.2) is 5.82 Å². The molecule has 146 valence electrons. The molecule has 3 rings (SSSR count). The molecule has 0 spiro atoms. The molecule has 26 heavy (non-hydrogen) atoms. The van der Waals surface area contributed by atoms with Crippen molar-refractivity contribution < 1.29 is 4.74 Å². The number of anilines is 1. The first kappa shape index (κ1) is 22.6. The Morgan fingerprint density at radius 2 is 2.04 bits per heavy atom. The van der Waals surface area contributed by atoms with Crippen LogP contribution < -0.4 is 10.6 Å². The Morgan fingerprint density at radius 3 is 2.69 bits per heavy atom. The Hall–Kier alpha value is -1.48. The van der Waals surface area contributed by atoms with Gasteiger partial charge in [-0.2, -0.15) is 0 Å². The lowest BCUT2D eigenvalue weighted by Crippen LogP contribution is -2.35. The molecular weight excluding hydrogens is 377 g/mol. The normalized spacial score (nSPS) is 18.5. The molecule has 1 aliphatic rings. The zero-order valence-electron chi connectivity index (χ0n) is 15.3. The van der Waals surface area contributed by atoms with E-state index in [1.165, 1.54) is 0 Å². The van der Waals surface area contributed by atoms with Crippen molar-refractivity contribution in [2.24, 2.45) is 5.73 Å². The lowest BCUT2D eigenvalue weighted by Gasteiger charge is -2.32. The number of ether oxygens (including phenoxy) is 1. The Labute approximate surface area is 166 Å². The summed E-state index contributed by atoms with van der Waals surface area (Å²) >= 11 is 0. The molecule has 0 aliphatic heterocycles. The third-order valence-electron chi connectivity index (χ3n) is 4.44. The molecule has 2 heterocycles. The summed E-state index contributed by atoms with van der Waals surface area (Å²) in [4.78, 5) is 11.2. The lowest BCUT2D eigenvalue weighted by molar-refractivity contribution is 0.186. The second kappa shape index (κ2) is 10.0. The van der Waals surface area contributed by atoms with Crippen molar-refractivity contribution in [2.75, 3.05) is 25.7 Å². The maximum atomic E-state index is 5.91. The lowest BCUT2D eigenvalue weighted by atomic mass is 9.78. The van der Waals surface area contributed by atoms with Gasteiger partial charge < -0.3 is 19.9 Å². The van der Waals surface area contributed by atoms with Crippen LogP contribution in [-0.2, 0) is 17.8 Å². The van der Waals surface area contributed by atoms with Crippen molar-refractivity contribution in [3.05, 3.63) is 29.7 Å². The topological polar surface area (TPSA) is 95.0 Å². The molecule has 0 radical (unpaired) electrons. The molecule has 0 bridgehead atoms. The van der Waals surface area contributed by atoms with Crippen molar-refractivity contribution in [2.45, 2.75) is 44.8 Å². The van der Waals surface area contributed by atoms with Crippen molar-refractivity contribution in [1.82, 2.24) is 24.7 Å². The van der Waals surface area contributed by atoms with E-state index >= 15 is 0 Å². The molecule has 0 atom stereocenters. The van der Waals surface area contributed by atoms with E-state index in [1.54, 1.807) is 13.4 Å². The van der Waals surface area contributed by atoms with Crippen LogP contribution in [0.5, 0.6) is 0 Å². The Morgan fingerprint density at radius 1 is 1.31 bits per heavy atom. The van der Waals surface area contributed by atoms with Crippen LogP contribution in [0, 0.1) is 6.92 Å². The highest BCUT2D eigenvalue weighted by atomic mass is 35.5. The van der Waals surface area contributed by atoms with Crippen LogP contribution in [0.1, 0.15) is 36.1 Å². The zero-order chi connectivity index (χ0) is 17.1. The molecule has 0 amide bonds. The average molecular weight is 404 g/mol. The fraction of sp³-hybridized carbons (Fsp3) is 0.625. The first-order valence-corrected chi connectivity index (χ1v) is 8.24. The second-order valence-electron chi connectivity index (χ2n) is 6.42. The Bertz CT molecular complexity index is 691. The van der Waals surface area contributed by atoms with Crippen molar-refractivity contribution in [3.63, 3.8) is 0 Å². The average Bonchev–Trinajstić information content (AvgIpc) is 2.96. The van der Waals surface area contributed by atoms with Crippen molar-refractivity contribution in [1.29, 1.82) is 0 Å². The molecule has 1 aliphatic carbocycles. The third kappa shape index (κ3) is 5.26. The van der Waals surface area contributed by atoms with Crippen molar-refractivity contribution in [3.8, 4) is 0 Å². The van der Waals surface area contributed by atoms with Gasteiger partial charge in [0, 0.05) is 44.4 Å². The fourth-order valence-corrected chi connectivity index (χ4v) is 2.95. The summed E-state index contributed by atoms with van der Waals surface area (Å²) in [7, 11) is 3.70. The molecule has 2 N–H and O–H groups in total. The van der Waals surface area contributed by atoms with E-state index in [-0.39, 0.29) is 24.8 Å². The number of nitrogens with zero attached hydrogens (tertiary/aromatic N) is 6. The highest BCUT2D eigenvalue weighted by Gasteiger charge is 2.29.